The number of aromatic amines is 1. The molecule has 0 amide bonds. The molecule has 0 bridgehead atoms. The number of imidazole rings is 1. The Hall–Kier alpha value is -3.67. The summed E-state index contributed by atoms with van der Waals surface area (Å²) in [5, 5.41) is 9.50. The van der Waals surface area contributed by atoms with Crippen LogP contribution in [0.15, 0.2) is 84.2 Å². The topological polar surface area (TPSA) is 93.1 Å². The molecule has 0 unspecified atom stereocenters. The average molecular weight is 472 g/mol. The van der Waals surface area contributed by atoms with Gasteiger partial charge in [-0.05, 0) is 41.8 Å². The van der Waals surface area contributed by atoms with Crippen LogP contribution >= 0.6 is 0 Å². The summed E-state index contributed by atoms with van der Waals surface area (Å²) in [4.78, 5) is 9.89. The van der Waals surface area contributed by atoms with E-state index in [1.807, 2.05) is 48.5 Å². The fourth-order valence-corrected chi connectivity index (χ4v) is 6.36. The molecule has 5 rings (SSSR count). The van der Waals surface area contributed by atoms with Crippen LogP contribution in [0.5, 0.6) is 0 Å². The Bertz CT molecular complexity index is 1370. The van der Waals surface area contributed by atoms with Gasteiger partial charge in [-0.2, -0.15) is 9.57 Å². The third-order valence-corrected chi connectivity index (χ3v) is 8.33. The number of H-pyrrole nitrogens is 1. The molecule has 3 aromatic rings. The van der Waals surface area contributed by atoms with Crippen molar-refractivity contribution in [2.75, 3.05) is 11.4 Å². The van der Waals surface area contributed by atoms with Crippen molar-refractivity contribution >= 4 is 15.7 Å². The molecular formula is C26H25N5O2S. The second kappa shape index (κ2) is 9.29. The van der Waals surface area contributed by atoms with E-state index in [0.717, 1.165) is 22.5 Å². The zero-order chi connectivity index (χ0) is 23.5. The van der Waals surface area contributed by atoms with E-state index in [-0.39, 0.29) is 12.6 Å². The van der Waals surface area contributed by atoms with Crippen LogP contribution < -0.4 is 4.90 Å². The molecule has 1 aliphatic carbocycles. The zero-order valence-corrected chi connectivity index (χ0v) is 19.4. The van der Waals surface area contributed by atoms with Crippen molar-refractivity contribution < 1.29 is 8.42 Å². The number of sulfonamides is 1. The minimum Gasteiger partial charge on any atom is -0.364 e. The number of aromatic nitrogens is 2. The third-order valence-electron chi connectivity index (χ3n) is 6.32. The highest BCUT2D eigenvalue weighted by Gasteiger charge is 2.37. The molecule has 0 fully saturated rings. The number of fused-ring (bicyclic) bond motifs is 1. The monoisotopic (exact) mass is 471 g/mol. The van der Waals surface area contributed by atoms with Crippen molar-refractivity contribution in [1.29, 1.82) is 5.26 Å². The SMILES string of the molecule is N#Cc1ccc2c(c1)CN(S(=O)(=O)C1=CC=CC1)[C@H](Cc1ccccc1)CN2Cc1cnc[nH]1. The van der Waals surface area contributed by atoms with Crippen LogP contribution in [0.2, 0.25) is 0 Å². The summed E-state index contributed by atoms with van der Waals surface area (Å²) in [5.41, 5.74) is 4.29. The van der Waals surface area contributed by atoms with Gasteiger partial charge in [0.05, 0.1) is 35.1 Å². The van der Waals surface area contributed by atoms with Crippen LogP contribution in [0.25, 0.3) is 0 Å². The number of anilines is 1. The van der Waals surface area contributed by atoms with Crippen LogP contribution in [0.3, 0.4) is 0 Å². The van der Waals surface area contributed by atoms with Crippen molar-refractivity contribution in [3.8, 4) is 6.07 Å². The number of nitrogens with zero attached hydrogens (tertiary/aromatic N) is 4. The third kappa shape index (κ3) is 4.40. The maximum Gasteiger partial charge on any atom is 0.240 e. The quantitative estimate of drug-likeness (QED) is 0.589. The standard InChI is InChI=1S/C26H25N5O2S/c27-14-21-10-11-26-22(12-21)16-31(34(32,33)25-8-4-5-9-25)24(13-20-6-2-1-3-7-20)18-30(26)17-23-15-28-19-29-23/h1-8,10-12,15,19,24H,9,13,16-18H2,(H,28,29)/t24-/m1/s1. The Morgan fingerprint density at radius 1 is 1.18 bits per heavy atom. The largest absolute Gasteiger partial charge is 0.364 e. The van der Waals surface area contributed by atoms with Crippen molar-refractivity contribution in [2.45, 2.75) is 32.0 Å². The molecule has 0 saturated heterocycles. The molecule has 1 aromatic heterocycles. The highest BCUT2D eigenvalue weighted by Crippen LogP contribution is 2.34. The Kier molecular flexibility index (Phi) is 6.05. The van der Waals surface area contributed by atoms with E-state index in [2.05, 4.69) is 20.9 Å². The van der Waals surface area contributed by atoms with Gasteiger partial charge in [-0.1, -0.05) is 42.5 Å². The highest BCUT2D eigenvalue weighted by molar-refractivity contribution is 7.93. The van der Waals surface area contributed by atoms with E-state index >= 15 is 0 Å². The normalized spacial score (nSPS) is 18.3. The molecule has 7 nitrogen and oxygen atoms in total. The van der Waals surface area contributed by atoms with E-state index in [9.17, 15) is 13.7 Å². The van der Waals surface area contributed by atoms with Gasteiger partial charge in [-0.15, -0.1) is 0 Å². The molecule has 1 atom stereocenters. The minimum atomic E-state index is -3.70. The van der Waals surface area contributed by atoms with E-state index in [4.69, 9.17) is 0 Å². The van der Waals surface area contributed by atoms with Crippen molar-refractivity contribution in [2.24, 2.45) is 0 Å². The van der Waals surface area contributed by atoms with E-state index in [1.165, 1.54) is 0 Å². The van der Waals surface area contributed by atoms with Crippen LogP contribution in [0.4, 0.5) is 5.69 Å². The Balaban J connectivity index is 1.60. The summed E-state index contributed by atoms with van der Waals surface area (Å²) in [6.07, 6.45) is 9.76. The van der Waals surface area contributed by atoms with Gasteiger partial charge in [0, 0.05) is 37.4 Å². The predicted octanol–water partition coefficient (Wildman–Crippen LogP) is 3.89. The van der Waals surface area contributed by atoms with E-state index < -0.39 is 10.0 Å². The summed E-state index contributed by atoms with van der Waals surface area (Å²) >= 11 is 0. The maximum absolute atomic E-state index is 13.8. The fourth-order valence-electron chi connectivity index (χ4n) is 4.66. The lowest BCUT2D eigenvalue weighted by Crippen LogP contribution is -2.46. The van der Waals surface area contributed by atoms with Gasteiger partial charge in [0.1, 0.15) is 0 Å². The molecule has 2 aliphatic rings. The van der Waals surface area contributed by atoms with Gasteiger partial charge in [0.25, 0.3) is 0 Å². The first-order valence-corrected chi connectivity index (χ1v) is 12.7. The number of nitrogens with one attached hydrogen (secondary N) is 1. The van der Waals surface area contributed by atoms with Gasteiger partial charge in [0.2, 0.25) is 10.0 Å². The average Bonchev–Trinajstić information content (AvgIpc) is 3.55. The minimum absolute atomic E-state index is 0.210. The molecule has 34 heavy (non-hydrogen) atoms. The molecule has 1 N–H and O–H groups in total. The smallest absolute Gasteiger partial charge is 0.240 e. The molecule has 2 aromatic carbocycles. The molecule has 172 valence electrons. The summed E-state index contributed by atoms with van der Waals surface area (Å²) < 4.78 is 29.3. The zero-order valence-electron chi connectivity index (χ0n) is 18.6. The molecular weight excluding hydrogens is 446 g/mol. The van der Waals surface area contributed by atoms with Crippen molar-refractivity contribution in [3.63, 3.8) is 0 Å². The number of hydrogen-bond donors (Lipinski definition) is 1. The second-order valence-electron chi connectivity index (χ2n) is 8.57. The summed E-state index contributed by atoms with van der Waals surface area (Å²) in [7, 11) is -3.70. The summed E-state index contributed by atoms with van der Waals surface area (Å²) in [5.74, 6) is 0. The Morgan fingerprint density at radius 3 is 2.74 bits per heavy atom. The van der Waals surface area contributed by atoms with E-state index in [0.29, 0.717) is 36.4 Å². The first-order valence-electron chi connectivity index (χ1n) is 11.2. The predicted molar refractivity (Wildman–Crippen MR) is 131 cm³/mol. The first kappa shape index (κ1) is 22.1. The molecule has 0 spiro atoms. The first-order chi connectivity index (χ1) is 16.5. The lowest BCUT2D eigenvalue weighted by molar-refractivity contribution is 0.320. The number of hydrogen-bond acceptors (Lipinski definition) is 5. The molecule has 2 heterocycles. The number of allylic oxidation sites excluding steroid dienone is 4. The fraction of sp³-hybridized carbons (Fsp3) is 0.231. The molecule has 0 saturated carbocycles. The summed E-state index contributed by atoms with van der Waals surface area (Å²) in [6.45, 7) is 1.27. The van der Waals surface area contributed by atoms with Crippen LogP contribution in [-0.2, 0) is 29.5 Å². The van der Waals surface area contributed by atoms with Gasteiger partial charge in [0.15, 0.2) is 0 Å². The maximum atomic E-state index is 13.8. The van der Waals surface area contributed by atoms with Gasteiger partial charge in [-0.3, -0.25) is 0 Å². The van der Waals surface area contributed by atoms with Crippen molar-refractivity contribution in [3.05, 3.63) is 107 Å². The van der Waals surface area contributed by atoms with Gasteiger partial charge < -0.3 is 9.88 Å². The van der Waals surface area contributed by atoms with Gasteiger partial charge >= 0.3 is 0 Å². The molecule has 1 aliphatic heterocycles. The molecule has 0 radical (unpaired) electrons. The van der Waals surface area contributed by atoms with Crippen LogP contribution in [-0.4, -0.2) is 35.3 Å². The number of benzene rings is 2. The van der Waals surface area contributed by atoms with Crippen molar-refractivity contribution in [1.82, 2.24) is 14.3 Å². The number of nitriles is 1. The Labute approximate surface area is 199 Å². The van der Waals surface area contributed by atoms with Crippen LogP contribution in [0, 0.1) is 11.3 Å². The number of rotatable bonds is 6. The van der Waals surface area contributed by atoms with Crippen LogP contribution in [0.1, 0.15) is 28.8 Å². The van der Waals surface area contributed by atoms with Gasteiger partial charge in [-0.25, -0.2) is 13.4 Å². The second-order valence-corrected chi connectivity index (χ2v) is 10.5. The lowest BCUT2D eigenvalue weighted by Gasteiger charge is -2.32. The molecule has 8 heteroatoms. The highest BCUT2D eigenvalue weighted by atomic mass is 32.2. The lowest BCUT2D eigenvalue weighted by atomic mass is 10.1. The summed E-state index contributed by atoms with van der Waals surface area (Å²) in [6, 6.07) is 17.4. The Morgan fingerprint density at radius 2 is 2.03 bits per heavy atom. The van der Waals surface area contributed by atoms with E-state index in [1.54, 1.807) is 35.0 Å².